The molecule has 0 heterocycles. The van der Waals surface area contributed by atoms with Crippen LogP contribution in [0.2, 0.25) is 0 Å². The molecular weight excluding hydrogens is 261 g/mol. The molecule has 0 aliphatic heterocycles. The molecule has 1 aromatic carbocycles. The number of halogens is 2. The summed E-state index contributed by atoms with van der Waals surface area (Å²) in [5.74, 6) is -0.0585. The van der Waals surface area contributed by atoms with Crippen LogP contribution in [0.5, 0.6) is 0 Å². The van der Waals surface area contributed by atoms with Gasteiger partial charge in [0, 0.05) is 25.6 Å². The van der Waals surface area contributed by atoms with Crippen molar-refractivity contribution in [3.63, 3.8) is 0 Å². The second-order valence-corrected chi connectivity index (χ2v) is 3.36. The highest BCUT2D eigenvalue weighted by Gasteiger charge is 2.10. The van der Waals surface area contributed by atoms with E-state index >= 15 is 0 Å². The van der Waals surface area contributed by atoms with Gasteiger partial charge in [-0.05, 0) is 5.56 Å². The first-order valence-corrected chi connectivity index (χ1v) is 5.01. The maximum atomic E-state index is 11.3. The van der Waals surface area contributed by atoms with Gasteiger partial charge in [-0.1, -0.05) is 30.3 Å². The van der Waals surface area contributed by atoms with E-state index < -0.39 is 0 Å². The molecule has 1 atom stereocenters. The molecule has 0 aliphatic rings. The Labute approximate surface area is 114 Å². The highest BCUT2D eigenvalue weighted by Crippen LogP contribution is 2.12. The fourth-order valence-electron chi connectivity index (χ4n) is 1.30. The third-order valence-electron chi connectivity index (χ3n) is 2.10. The van der Waals surface area contributed by atoms with Crippen LogP contribution in [-0.4, -0.2) is 19.0 Å². The Morgan fingerprint density at radius 2 is 1.82 bits per heavy atom. The van der Waals surface area contributed by atoms with E-state index in [-0.39, 0.29) is 36.8 Å². The molecule has 0 fully saturated rings. The van der Waals surface area contributed by atoms with Gasteiger partial charge in [0.15, 0.2) is 0 Å². The highest BCUT2D eigenvalue weighted by molar-refractivity contribution is 5.85. The predicted molar refractivity (Wildman–Crippen MR) is 74.5 cm³/mol. The lowest BCUT2D eigenvalue weighted by atomic mass is 10.0. The Balaban J connectivity index is 0. The van der Waals surface area contributed by atoms with Crippen LogP contribution in [0.3, 0.4) is 0 Å². The lowest BCUT2D eigenvalue weighted by Crippen LogP contribution is -2.31. The van der Waals surface area contributed by atoms with Crippen LogP contribution in [0.15, 0.2) is 30.3 Å². The smallest absolute Gasteiger partial charge is 0.221 e. The molecule has 0 saturated heterocycles. The van der Waals surface area contributed by atoms with Crippen LogP contribution < -0.4 is 16.8 Å². The van der Waals surface area contributed by atoms with Gasteiger partial charge in [0.05, 0.1) is 0 Å². The van der Waals surface area contributed by atoms with Gasteiger partial charge in [-0.15, -0.1) is 24.8 Å². The number of nitrogens with two attached hydrogens (primary N) is 2. The highest BCUT2D eigenvalue weighted by atomic mass is 35.5. The van der Waals surface area contributed by atoms with E-state index in [4.69, 9.17) is 11.5 Å². The van der Waals surface area contributed by atoms with Crippen molar-refractivity contribution in [2.75, 3.05) is 13.1 Å². The first-order valence-electron chi connectivity index (χ1n) is 5.01. The molecule has 1 amide bonds. The average Bonchev–Trinajstić information content (AvgIpc) is 2.27. The van der Waals surface area contributed by atoms with Gasteiger partial charge in [-0.3, -0.25) is 4.79 Å². The Morgan fingerprint density at radius 3 is 2.35 bits per heavy atom. The minimum Gasteiger partial charge on any atom is -0.355 e. The molecule has 5 N–H and O–H groups in total. The predicted octanol–water partition coefficient (Wildman–Crippen LogP) is 0.995. The summed E-state index contributed by atoms with van der Waals surface area (Å²) >= 11 is 0. The molecule has 98 valence electrons. The first-order chi connectivity index (χ1) is 7.24. The molecule has 0 aliphatic carbocycles. The van der Waals surface area contributed by atoms with Crippen LogP contribution in [0.1, 0.15) is 18.0 Å². The van der Waals surface area contributed by atoms with Crippen molar-refractivity contribution < 1.29 is 4.79 Å². The summed E-state index contributed by atoms with van der Waals surface area (Å²) in [4.78, 5) is 11.3. The molecular formula is C11H19Cl2N3O. The van der Waals surface area contributed by atoms with E-state index in [1.807, 2.05) is 30.3 Å². The van der Waals surface area contributed by atoms with Crippen molar-refractivity contribution in [1.82, 2.24) is 5.32 Å². The lowest BCUT2D eigenvalue weighted by Gasteiger charge is -2.11. The average molecular weight is 280 g/mol. The van der Waals surface area contributed by atoms with Gasteiger partial charge in [0.25, 0.3) is 0 Å². The number of nitrogens with one attached hydrogen (secondary N) is 1. The number of hydrogen-bond donors (Lipinski definition) is 3. The third kappa shape index (κ3) is 7.18. The Hall–Kier alpha value is -0.810. The SMILES string of the molecule is Cl.Cl.NCCNC(=O)CC(N)c1ccccc1. The second kappa shape index (κ2) is 10.4. The van der Waals surface area contributed by atoms with Gasteiger partial charge in [-0.25, -0.2) is 0 Å². The van der Waals surface area contributed by atoms with Gasteiger partial charge in [-0.2, -0.15) is 0 Å². The van der Waals surface area contributed by atoms with E-state index in [1.54, 1.807) is 0 Å². The van der Waals surface area contributed by atoms with E-state index in [0.29, 0.717) is 19.5 Å². The van der Waals surface area contributed by atoms with Crippen molar-refractivity contribution >= 4 is 30.7 Å². The number of carbonyl (C=O) groups excluding carboxylic acids is 1. The summed E-state index contributed by atoms with van der Waals surface area (Å²) in [7, 11) is 0. The van der Waals surface area contributed by atoms with Crippen LogP contribution in [0.4, 0.5) is 0 Å². The van der Waals surface area contributed by atoms with Crippen molar-refractivity contribution in [2.45, 2.75) is 12.5 Å². The molecule has 0 bridgehead atoms. The Bertz CT molecular complexity index is 309. The molecule has 0 radical (unpaired) electrons. The van der Waals surface area contributed by atoms with Crippen molar-refractivity contribution in [1.29, 1.82) is 0 Å². The molecule has 1 rings (SSSR count). The molecule has 6 heteroatoms. The first kappa shape index (κ1) is 18.6. The maximum absolute atomic E-state index is 11.3. The summed E-state index contributed by atoms with van der Waals surface area (Å²) < 4.78 is 0. The number of rotatable bonds is 5. The fraction of sp³-hybridized carbons (Fsp3) is 0.364. The minimum atomic E-state index is -0.246. The van der Waals surface area contributed by atoms with Crippen LogP contribution in [0, 0.1) is 0 Å². The zero-order valence-electron chi connectivity index (χ0n) is 9.46. The van der Waals surface area contributed by atoms with Crippen LogP contribution >= 0.6 is 24.8 Å². The van der Waals surface area contributed by atoms with Crippen LogP contribution in [-0.2, 0) is 4.79 Å². The largest absolute Gasteiger partial charge is 0.355 e. The third-order valence-corrected chi connectivity index (χ3v) is 2.10. The molecule has 4 nitrogen and oxygen atoms in total. The van der Waals surface area contributed by atoms with Gasteiger partial charge >= 0.3 is 0 Å². The number of hydrogen-bond acceptors (Lipinski definition) is 3. The number of amides is 1. The molecule has 1 aromatic rings. The van der Waals surface area contributed by atoms with Gasteiger partial charge in [0.1, 0.15) is 0 Å². The Morgan fingerprint density at radius 1 is 1.24 bits per heavy atom. The summed E-state index contributed by atoms with van der Waals surface area (Å²) in [5, 5.41) is 2.69. The zero-order valence-corrected chi connectivity index (χ0v) is 11.1. The Kier molecular flexibility index (Phi) is 11.3. The quantitative estimate of drug-likeness (QED) is 0.752. The molecule has 0 aromatic heterocycles. The molecule has 17 heavy (non-hydrogen) atoms. The standard InChI is InChI=1S/C11H17N3O.2ClH/c12-6-7-14-11(15)8-10(13)9-4-2-1-3-5-9;;/h1-5,10H,6-8,12-13H2,(H,14,15);2*1H. The van der Waals surface area contributed by atoms with E-state index in [1.165, 1.54) is 0 Å². The van der Waals surface area contributed by atoms with Crippen molar-refractivity contribution in [3.8, 4) is 0 Å². The minimum absolute atomic E-state index is 0. The van der Waals surface area contributed by atoms with E-state index in [2.05, 4.69) is 5.32 Å². The summed E-state index contributed by atoms with van der Waals surface area (Å²) in [5.41, 5.74) is 12.1. The van der Waals surface area contributed by atoms with Crippen molar-refractivity contribution in [2.24, 2.45) is 11.5 Å². The normalized spacial score (nSPS) is 10.7. The van der Waals surface area contributed by atoms with E-state index in [0.717, 1.165) is 5.56 Å². The van der Waals surface area contributed by atoms with Crippen molar-refractivity contribution in [3.05, 3.63) is 35.9 Å². The maximum Gasteiger partial charge on any atom is 0.221 e. The van der Waals surface area contributed by atoms with Gasteiger partial charge in [0.2, 0.25) is 5.91 Å². The molecule has 1 unspecified atom stereocenters. The summed E-state index contributed by atoms with van der Waals surface area (Å²) in [6.07, 6.45) is 0.296. The molecule has 0 spiro atoms. The van der Waals surface area contributed by atoms with Crippen LogP contribution in [0.25, 0.3) is 0 Å². The topological polar surface area (TPSA) is 81.1 Å². The second-order valence-electron chi connectivity index (χ2n) is 3.36. The monoisotopic (exact) mass is 279 g/mol. The summed E-state index contributed by atoms with van der Waals surface area (Å²) in [6.45, 7) is 0.951. The molecule has 0 saturated carbocycles. The fourth-order valence-corrected chi connectivity index (χ4v) is 1.30. The lowest BCUT2D eigenvalue weighted by molar-refractivity contribution is -0.121. The van der Waals surface area contributed by atoms with E-state index in [9.17, 15) is 4.79 Å². The van der Waals surface area contributed by atoms with Gasteiger partial charge < -0.3 is 16.8 Å². The summed E-state index contributed by atoms with van der Waals surface area (Å²) in [6, 6.07) is 9.33. The number of carbonyl (C=O) groups is 1. The number of benzene rings is 1. The zero-order chi connectivity index (χ0) is 11.1.